The van der Waals surface area contributed by atoms with Gasteiger partial charge in [0.15, 0.2) is 11.5 Å². The fraction of sp³-hybridized carbons (Fsp3) is 0.480. The minimum atomic E-state index is -1.56. The van der Waals surface area contributed by atoms with Crippen molar-refractivity contribution in [1.29, 1.82) is 0 Å². The second-order valence-electron chi connectivity index (χ2n) is 8.78. The summed E-state index contributed by atoms with van der Waals surface area (Å²) in [5, 5.41) is 50.1. The van der Waals surface area contributed by atoms with Crippen molar-refractivity contribution in [3.63, 3.8) is 0 Å². The normalized spacial score (nSPS) is 30.2. The van der Waals surface area contributed by atoms with Crippen LogP contribution in [-0.4, -0.2) is 74.7 Å². The molecule has 6 atom stereocenters. The number of Topliss-reactive ketones (excluding diaryl/α,β-unsaturated/α-hetero) is 1. The van der Waals surface area contributed by atoms with E-state index in [1.165, 1.54) is 0 Å². The monoisotopic (exact) mass is 474 g/mol. The van der Waals surface area contributed by atoms with Crippen molar-refractivity contribution < 1.29 is 44.5 Å². The molecule has 0 aliphatic carbocycles. The first-order valence-electron chi connectivity index (χ1n) is 11.4. The molecule has 2 aromatic rings. The molecule has 1 fully saturated rings. The molecule has 9 heteroatoms. The molecule has 3 aliphatic heterocycles. The maximum absolute atomic E-state index is 12.2. The van der Waals surface area contributed by atoms with Gasteiger partial charge in [0.1, 0.15) is 35.9 Å². The molecule has 5 N–H and O–H groups in total. The van der Waals surface area contributed by atoms with Crippen LogP contribution in [0.5, 0.6) is 17.2 Å². The summed E-state index contributed by atoms with van der Waals surface area (Å²) in [7, 11) is 0. The third-order valence-corrected chi connectivity index (χ3v) is 6.17. The largest absolute Gasteiger partial charge is 0.458 e. The number of aliphatic hydroxyl groups excluding tert-OH is 5. The Balaban J connectivity index is 1.61. The number of carbonyl (C=O) groups is 1. The summed E-state index contributed by atoms with van der Waals surface area (Å²) in [6.45, 7) is -0.565. The summed E-state index contributed by atoms with van der Waals surface area (Å²) in [4.78, 5) is 12.2. The molecule has 3 unspecified atom stereocenters. The molecule has 0 spiro atoms. The van der Waals surface area contributed by atoms with E-state index in [4.69, 9.17) is 14.2 Å². The Morgan fingerprint density at radius 1 is 0.882 bits per heavy atom. The Morgan fingerprint density at radius 2 is 1.62 bits per heavy atom. The average molecular weight is 475 g/mol. The highest BCUT2D eigenvalue weighted by Gasteiger charge is 2.45. The highest BCUT2D eigenvalue weighted by molar-refractivity contribution is 5.79. The zero-order valence-electron chi connectivity index (χ0n) is 18.6. The van der Waals surface area contributed by atoms with Gasteiger partial charge in [-0.25, -0.2) is 0 Å². The molecular weight excluding hydrogens is 444 g/mol. The Bertz CT molecular complexity index is 975. The average Bonchev–Trinajstić information content (AvgIpc) is 2.83. The summed E-state index contributed by atoms with van der Waals surface area (Å²) >= 11 is 0. The lowest BCUT2D eigenvalue weighted by Gasteiger charge is -2.39. The highest BCUT2D eigenvalue weighted by Crippen LogP contribution is 2.36. The minimum Gasteiger partial charge on any atom is -0.458 e. The molecule has 5 rings (SSSR count). The number of benzene rings is 2. The molecule has 3 aliphatic rings. The van der Waals surface area contributed by atoms with Gasteiger partial charge in [0.25, 0.3) is 0 Å². The maximum Gasteiger partial charge on any atom is 0.229 e. The number of aryl methyl sites for hydroxylation is 2. The topological polar surface area (TPSA) is 146 Å². The highest BCUT2D eigenvalue weighted by atomic mass is 16.7. The van der Waals surface area contributed by atoms with Crippen molar-refractivity contribution >= 4 is 5.78 Å². The van der Waals surface area contributed by atoms with E-state index in [0.717, 1.165) is 11.1 Å². The Morgan fingerprint density at radius 3 is 2.35 bits per heavy atom. The Labute approximate surface area is 197 Å². The fourth-order valence-corrected chi connectivity index (χ4v) is 4.11. The van der Waals surface area contributed by atoms with E-state index < -0.39 is 43.4 Å². The number of ether oxygens (including phenoxy) is 3. The van der Waals surface area contributed by atoms with E-state index in [9.17, 15) is 30.3 Å². The predicted octanol–water partition coefficient (Wildman–Crippen LogP) is 0.856. The molecule has 0 aromatic heterocycles. The zero-order valence-corrected chi connectivity index (χ0v) is 18.6. The van der Waals surface area contributed by atoms with Gasteiger partial charge in [0, 0.05) is 12.8 Å². The molecule has 184 valence electrons. The van der Waals surface area contributed by atoms with E-state index in [1.54, 1.807) is 30.3 Å². The van der Waals surface area contributed by atoms with E-state index in [2.05, 4.69) is 0 Å². The van der Waals surface area contributed by atoms with Crippen LogP contribution in [-0.2, 0) is 22.4 Å². The van der Waals surface area contributed by atoms with E-state index in [-0.39, 0.29) is 18.0 Å². The van der Waals surface area contributed by atoms with Crippen LogP contribution in [0.15, 0.2) is 42.5 Å². The number of hydrogen-bond acceptors (Lipinski definition) is 9. The molecule has 1 saturated heterocycles. The van der Waals surface area contributed by atoms with Crippen LogP contribution in [0.25, 0.3) is 0 Å². The number of rotatable bonds is 3. The summed E-state index contributed by atoms with van der Waals surface area (Å²) in [6.07, 6.45) is -5.85. The molecule has 0 saturated carbocycles. The van der Waals surface area contributed by atoms with E-state index in [0.29, 0.717) is 37.2 Å². The third-order valence-electron chi connectivity index (χ3n) is 6.17. The first-order valence-corrected chi connectivity index (χ1v) is 11.4. The number of hydrogen-bond donors (Lipinski definition) is 5. The van der Waals surface area contributed by atoms with Gasteiger partial charge in [0.2, 0.25) is 6.29 Å². The lowest BCUT2D eigenvalue weighted by atomic mass is 9.99. The summed E-state index contributed by atoms with van der Waals surface area (Å²) in [5.74, 6) is 1.09. The number of ketones is 1. The van der Waals surface area contributed by atoms with Crippen molar-refractivity contribution in [3.05, 3.63) is 53.6 Å². The van der Waals surface area contributed by atoms with Crippen LogP contribution >= 0.6 is 0 Å². The van der Waals surface area contributed by atoms with Gasteiger partial charge in [-0.05, 0) is 54.7 Å². The smallest absolute Gasteiger partial charge is 0.229 e. The fourth-order valence-electron chi connectivity index (χ4n) is 4.11. The maximum atomic E-state index is 12.2. The van der Waals surface area contributed by atoms with Crippen LogP contribution in [0.1, 0.15) is 30.4 Å². The van der Waals surface area contributed by atoms with Crippen molar-refractivity contribution in [2.75, 3.05) is 6.61 Å². The Hall–Kier alpha value is -2.53. The lowest BCUT2D eigenvalue weighted by molar-refractivity contribution is -0.277. The third kappa shape index (κ3) is 5.75. The molecule has 0 amide bonds. The molecule has 0 radical (unpaired) electrons. The SMILES string of the molecule is O=C1CCc2ccc(cc2)Oc2cc(ccc2O[C@@H]2OC(CO)[C@H](O)C(O)[C@@H]2O)CCC(O)C1. The van der Waals surface area contributed by atoms with Gasteiger partial charge in [-0.2, -0.15) is 0 Å². The predicted molar refractivity (Wildman–Crippen MR) is 120 cm³/mol. The first-order chi connectivity index (χ1) is 16.3. The molecule has 9 nitrogen and oxygen atoms in total. The van der Waals surface area contributed by atoms with Gasteiger partial charge in [-0.1, -0.05) is 18.2 Å². The molecule has 34 heavy (non-hydrogen) atoms. The molecule has 3 heterocycles. The molecular formula is C25H30O9. The molecule has 2 aromatic carbocycles. The van der Waals surface area contributed by atoms with Crippen molar-refractivity contribution in [2.24, 2.45) is 0 Å². The van der Waals surface area contributed by atoms with Crippen molar-refractivity contribution in [1.82, 2.24) is 0 Å². The summed E-state index contributed by atoms with van der Waals surface area (Å²) in [5.41, 5.74) is 1.81. The number of aliphatic hydroxyl groups is 5. The quantitative estimate of drug-likeness (QED) is 0.437. The van der Waals surface area contributed by atoms with Gasteiger partial charge < -0.3 is 39.7 Å². The minimum absolute atomic E-state index is 0.0201. The summed E-state index contributed by atoms with van der Waals surface area (Å²) in [6, 6.07) is 12.4. The Kier molecular flexibility index (Phi) is 7.82. The van der Waals surface area contributed by atoms with Crippen LogP contribution in [0.4, 0.5) is 0 Å². The van der Waals surface area contributed by atoms with Gasteiger partial charge >= 0.3 is 0 Å². The second-order valence-corrected chi connectivity index (χ2v) is 8.78. The van der Waals surface area contributed by atoms with Crippen LogP contribution in [0.2, 0.25) is 0 Å². The van der Waals surface area contributed by atoms with Crippen LogP contribution < -0.4 is 9.47 Å². The van der Waals surface area contributed by atoms with Crippen molar-refractivity contribution in [2.45, 2.75) is 68.9 Å². The zero-order chi connectivity index (χ0) is 24.2. The van der Waals surface area contributed by atoms with Gasteiger partial charge in [-0.3, -0.25) is 4.79 Å². The van der Waals surface area contributed by atoms with Crippen LogP contribution in [0.3, 0.4) is 0 Å². The number of carbonyl (C=O) groups excluding carboxylic acids is 1. The van der Waals surface area contributed by atoms with Crippen LogP contribution in [0, 0.1) is 0 Å². The molecule has 4 bridgehead atoms. The number of fused-ring (bicyclic) bond motifs is 8. The van der Waals surface area contributed by atoms with Gasteiger partial charge in [0.05, 0.1) is 12.7 Å². The first kappa shape index (κ1) is 24.6. The van der Waals surface area contributed by atoms with E-state index >= 15 is 0 Å². The summed E-state index contributed by atoms with van der Waals surface area (Å²) < 4.78 is 17.3. The second kappa shape index (κ2) is 10.8. The standard InChI is InChI=1S/C25H30O9/c26-13-21-22(29)23(30)24(31)25(34-21)33-19-10-5-15-2-7-17(28)12-16(27)6-1-14-3-8-18(9-4-14)32-20(19)11-15/h3-5,8-11,17,21-26,28-31H,1-2,6-7,12-13H2/t17?,21?,22-,23?,24-,25+/m0/s1. The van der Waals surface area contributed by atoms with Crippen molar-refractivity contribution in [3.8, 4) is 17.2 Å². The van der Waals surface area contributed by atoms with E-state index in [1.807, 2.05) is 12.1 Å². The lowest BCUT2D eigenvalue weighted by Crippen LogP contribution is -2.60. The van der Waals surface area contributed by atoms with Gasteiger partial charge in [-0.15, -0.1) is 0 Å².